The Hall–Kier alpha value is -3.29. The normalized spacial score (nSPS) is 18.3. The molecular formula is C20H21N5O3. The second-order valence-corrected chi connectivity index (χ2v) is 6.86. The molecule has 0 spiro atoms. The fraction of sp³-hybridized carbons (Fsp3) is 0.350. The summed E-state index contributed by atoms with van der Waals surface area (Å²) in [6, 6.07) is 6.04. The second kappa shape index (κ2) is 7.03. The molecule has 2 aliphatic heterocycles. The third-order valence-electron chi connectivity index (χ3n) is 5.21. The molecule has 5 rings (SSSR count). The van der Waals surface area contributed by atoms with Crippen molar-refractivity contribution in [3.8, 4) is 28.6 Å². The number of piperidine rings is 1. The van der Waals surface area contributed by atoms with Crippen LogP contribution in [-0.2, 0) is 0 Å². The van der Waals surface area contributed by atoms with Crippen molar-refractivity contribution in [2.75, 3.05) is 31.9 Å². The minimum Gasteiger partial charge on any atom is -0.493 e. The van der Waals surface area contributed by atoms with Gasteiger partial charge < -0.3 is 23.7 Å². The van der Waals surface area contributed by atoms with Crippen LogP contribution in [0.3, 0.4) is 0 Å². The highest BCUT2D eigenvalue weighted by Crippen LogP contribution is 2.44. The Bertz CT molecular complexity index is 975. The van der Waals surface area contributed by atoms with Crippen LogP contribution in [-0.4, -0.2) is 46.5 Å². The molecule has 4 heterocycles. The Kier molecular flexibility index (Phi) is 4.23. The third kappa shape index (κ3) is 2.90. The van der Waals surface area contributed by atoms with Crippen LogP contribution in [0.4, 0.5) is 5.95 Å². The molecule has 0 bridgehead atoms. The van der Waals surface area contributed by atoms with Crippen molar-refractivity contribution in [2.24, 2.45) is 0 Å². The lowest BCUT2D eigenvalue weighted by Crippen LogP contribution is -2.37. The number of ether oxygens (including phenoxy) is 3. The molecule has 0 aliphatic carbocycles. The first kappa shape index (κ1) is 16.9. The molecule has 2 aliphatic rings. The van der Waals surface area contributed by atoms with E-state index in [1.54, 1.807) is 19.5 Å². The summed E-state index contributed by atoms with van der Waals surface area (Å²) in [5, 5.41) is 0. The van der Waals surface area contributed by atoms with Crippen molar-refractivity contribution < 1.29 is 14.2 Å². The Morgan fingerprint density at radius 2 is 2.00 bits per heavy atom. The number of fused-ring (bicyclic) bond motifs is 1. The summed E-state index contributed by atoms with van der Waals surface area (Å²) in [5.74, 6) is 3.65. The molecule has 144 valence electrons. The number of hydrogen-bond acceptors (Lipinski definition) is 7. The van der Waals surface area contributed by atoms with Crippen LogP contribution in [0.5, 0.6) is 17.2 Å². The lowest BCUT2D eigenvalue weighted by atomic mass is 10.0. The van der Waals surface area contributed by atoms with Crippen LogP contribution in [0.25, 0.3) is 11.4 Å². The highest BCUT2D eigenvalue weighted by molar-refractivity contribution is 5.67. The Balaban J connectivity index is 1.47. The van der Waals surface area contributed by atoms with E-state index in [4.69, 9.17) is 14.2 Å². The minimum absolute atomic E-state index is 0.207. The molecule has 1 fully saturated rings. The van der Waals surface area contributed by atoms with Gasteiger partial charge in [0.1, 0.15) is 5.82 Å². The summed E-state index contributed by atoms with van der Waals surface area (Å²) in [5.41, 5.74) is 0.944. The summed E-state index contributed by atoms with van der Waals surface area (Å²) in [4.78, 5) is 15.7. The molecule has 1 aromatic carbocycles. The number of methoxy groups -OCH3 is 1. The summed E-state index contributed by atoms with van der Waals surface area (Å²) in [6.45, 7) is 2.01. The molecule has 0 radical (unpaired) electrons. The zero-order valence-electron chi connectivity index (χ0n) is 15.6. The van der Waals surface area contributed by atoms with E-state index in [-0.39, 0.29) is 12.8 Å². The van der Waals surface area contributed by atoms with Crippen molar-refractivity contribution in [2.45, 2.75) is 18.9 Å². The predicted octanol–water partition coefficient (Wildman–Crippen LogP) is 2.92. The van der Waals surface area contributed by atoms with Gasteiger partial charge in [0.15, 0.2) is 11.5 Å². The SMILES string of the molecule is COc1cc(-c2nccn2[C@@H]2CCCN(c3ncccn3)C2)cc2c1OCO2. The maximum atomic E-state index is 5.58. The van der Waals surface area contributed by atoms with Crippen LogP contribution in [0.15, 0.2) is 43.0 Å². The number of benzene rings is 1. The fourth-order valence-electron chi connectivity index (χ4n) is 3.91. The van der Waals surface area contributed by atoms with Gasteiger partial charge in [0.2, 0.25) is 18.5 Å². The van der Waals surface area contributed by atoms with Crippen LogP contribution in [0.2, 0.25) is 0 Å². The zero-order chi connectivity index (χ0) is 18.9. The van der Waals surface area contributed by atoms with Gasteiger partial charge in [0.05, 0.1) is 13.2 Å². The van der Waals surface area contributed by atoms with Gasteiger partial charge >= 0.3 is 0 Å². The molecule has 2 aromatic heterocycles. The quantitative estimate of drug-likeness (QED) is 0.690. The van der Waals surface area contributed by atoms with Gasteiger partial charge in [0.25, 0.3) is 0 Å². The molecule has 8 nitrogen and oxygen atoms in total. The van der Waals surface area contributed by atoms with Crippen molar-refractivity contribution in [3.05, 3.63) is 43.0 Å². The monoisotopic (exact) mass is 379 g/mol. The molecule has 1 saturated heterocycles. The molecule has 1 atom stereocenters. The highest BCUT2D eigenvalue weighted by atomic mass is 16.7. The van der Waals surface area contributed by atoms with Crippen molar-refractivity contribution in [3.63, 3.8) is 0 Å². The number of nitrogens with zero attached hydrogens (tertiary/aromatic N) is 5. The Morgan fingerprint density at radius 1 is 1.11 bits per heavy atom. The van der Waals surface area contributed by atoms with E-state index in [0.29, 0.717) is 17.2 Å². The summed E-state index contributed by atoms with van der Waals surface area (Å²) >= 11 is 0. The zero-order valence-corrected chi connectivity index (χ0v) is 15.6. The lowest BCUT2D eigenvalue weighted by Gasteiger charge is -2.34. The van der Waals surface area contributed by atoms with Gasteiger partial charge in [-0.15, -0.1) is 0 Å². The van der Waals surface area contributed by atoms with Gasteiger partial charge in [-0.1, -0.05) is 0 Å². The van der Waals surface area contributed by atoms with Crippen LogP contribution >= 0.6 is 0 Å². The van der Waals surface area contributed by atoms with Crippen molar-refractivity contribution in [1.29, 1.82) is 0 Å². The first-order valence-corrected chi connectivity index (χ1v) is 9.36. The van der Waals surface area contributed by atoms with E-state index in [1.807, 2.05) is 30.6 Å². The fourth-order valence-corrected chi connectivity index (χ4v) is 3.91. The molecule has 0 N–H and O–H groups in total. The van der Waals surface area contributed by atoms with Gasteiger partial charge in [-0.2, -0.15) is 0 Å². The smallest absolute Gasteiger partial charge is 0.231 e. The predicted molar refractivity (Wildman–Crippen MR) is 103 cm³/mol. The topological polar surface area (TPSA) is 74.5 Å². The molecular weight excluding hydrogens is 358 g/mol. The van der Waals surface area contributed by atoms with E-state index in [1.165, 1.54) is 0 Å². The number of imidazole rings is 1. The van der Waals surface area contributed by atoms with E-state index in [9.17, 15) is 0 Å². The van der Waals surface area contributed by atoms with E-state index in [2.05, 4.69) is 24.4 Å². The van der Waals surface area contributed by atoms with Crippen LogP contribution in [0.1, 0.15) is 18.9 Å². The minimum atomic E-state index is 0.207. The number of anilines is 1. The van der Waals surface area contributed by atoms with E-state index in [0.717, 1.165) is 43.3 Å². The van der Waals surface area contributed by atoms with E-state index >= 15 is 0 Å². The largest absolute Gasteiger partial charge is 0.493 e. The van der Waals surface area contributed by atoms with Crippen molar-refractivity contribution in [1.82, 2.24) is 19.5 Å². The Morgan fingerprint density at radius 3 is 2.86 bits per heavy atom. The van der Waals surface area contributed by atoms with Gasteiger partial charge in [-0.25, -0.2) is 15.0 Å². The average molecular weight is 379 g/mol. The maximum Gasteiger partial charge on any atom is 0.231 e. The van der Waals surface area contributed by atoms with Gasteiger partial charge in [0, 0.05) is 43.4 Å². The van der Waals surface area contributed by atoms with Crippen molar-refractivity contribution >= 4 is 5.95 Å². The molecule has 0 saturated carbocycles. The van der Waals surface area contributed by atoms with Gasteiger partial charge in [-0.3, -0.25) is 0 Å². The average Bonchev–Trinajstić information content (AvgIpc) is 3.43. The molecule has 28 heavy (non-hydrogen) atoms. The lowest BCUT2D eigenvalue weighted by molar-refractivity contribution is 0.171. The first-order chi connectivity index (χ1) is 13.8. The molecule has 0 unspecified atom stereocenters. The van der Waals surface area contributed by atoms with Crippen LogP contribution in [0, 0.1) is 0 Å². The number of hydrogen-bond donors (Lipinski definition) is 0. The standard InChI is InChI=1S/C20H21N5O3/c1-26-16-10-14(11-17-18(16)28-13-27-17)19-21-7-9-25(19)15-4-2-8-24(12-15)20-22-5-3-6-23-20/h3,5-7,9-11,15H,2,4,8,12-13H2,1H3/t15-/m1/s1. The molecule has 8 heteroatoms. The number of aromatic nitrogens is 4. The first-order valence-electron chi connectivity index (χ1n) is 9.36. The summed E-state index contributed by atoms with van der Waals surface area (Å²) in [7, 11) is 1.63. The Labute approximate surface area is 162 Å². The van der Waals surface area contributed by atoms with Crippen LogP contribution < -0.4 is 19.1 Å². The third-order valence-corrected chi connectivity index (χ3v) is 5.21. The molecule has 3 aromatic rings. The van der Waals surface area contributed by atoms with Gasteiger partial charge in [-0.05, 0) is 31.0 Å². The summed E-state index contributed by atoms with van der Waals surface area (Å²) < 4.78 is 18.8. The number of rotatable bonds is 4. The molecule has 0 amide bonds. The van der Waals surface area contributed by atoms with E-state index < -0.39 is 0 Å². The maximum absolute atomic E-state index is 5.58. The second-order valence-electron chi connectivity index (χ2n) is 6.86. The highest BCUT2D eigenvalue weighted by Gasteiger charge is 2.26. The summed E-state index contributed by atoms with van der Waals surface area (Å²) in [6.07, 6.45) is 9.59.